The van der Waals surface area contributed by atoms with Crippen LogP contribution in [0.4, 0.5) is 0 Å². The molecule has 3 nitrogen and oxygen atoms in total. The second-order valence-electron chi connectivity index (χ2n) is 6.40. The van der Waals surface area contributed by atoms with Crippen molar-refractivity contribution in [3.8, 4) is 0 Å². The molecule has 22 heavy (non-hydrogen) atoms. The van der Waals surface area contributed by atoms with E-state index in [1.165, 1.54) is 5.56 Å². The Kier molecular flexibility index (Phi) is 6.90. The van der Waals surface area contributed by atoms with Crippen molar-refractivity contribution in [3.63, 3.8) is 0 Å². The number of carbonyl (C=O) groups excluding carboxylic acids is 1. The summed E-state index contributed by atoms with van der Waals surface area (Å²) in [5.41, 5.74) is 1.31. The van der Waals surface area contributed by atoms with Crippen LogP contribution in [0.1, 0.15) is 45.1 Å². The first kappa shape index (κ1) is 17.5. The minimum Gasteiger partial charge on any atom is -0.353 e. The van der Waals surface area contributed by atoms with Crippen molar-refractivity contribution in [2.24, 2.45) is 5.92 Å². The first-order valence-electron chi connectivity index (χ1n) is 8.35. The van der Waals surface area contributed by atoms with Crippen LogP contribution in [0.5, 0.6) is 0 Å². The van der Waals surface area contributed by atoms with Crippen molar-refractivity contribution in [3.05, 3.63) is 34.3 Å². The summed E-state index contributed by atoms with van der Waals surface area (Å²) in [6, 6.07) is 8.75. The summed E-state index contributed by atoms with van der Waals surface area (Å²) in [6.45, 7) is 7.15. The Balaban J connectivity index is 1.85. The average Bonchev–Trinajstić information content (AvgIpc) is 2.50. The number of halogens is 1. The molecule has 1 aromatic rings. The number of rotatable bonds is 6. The van der Waals surface area contributed by atoms with Gasteiger partial charge in [0.25, 0.3) is 0 Å². The zero-order valence-electron chi connectivity index (χ0n) is 13.6. The molecule has 1 aromatic carbocycles. The average molecular weight is 367 g/mol. The summed E-state index contributed by atoms with van der Waals surface area (Å²) >= 11 is 3.47. The molecule has 0 aliphatic carbocycles. The topological polar surface area (TPSA) is 32.3 Å². The molecule has 2 unspecified atom stereocenters. The molecule has 4 heteroatoms. The number of nitrogens with one attached hydrogen (secondary N) is 1. The summed E-state index contributed by atoms with van der Waals surface area (Å²) in [4.78, 5) is 14.8. The first-order chi connectivity index (χ1) is 10.6. The number of benzene rings is 1. The molecule has 2 atom stereocenters. The molecule has 1 heterocycles. The Morgan fingerprint density at radius 2 is 2.14 bits per heavy atom. The quantitative estimate of drug-likeness (QED) is 0.825. The van der Waals surface area contributed by atoms with Gasteiger partial charge in [-0.05, 0) is 50.4 Å². The molecular formula is C18H27BrN2O. The van der Waals surface area contributed by atoms with E-state index >= 15 is 0 Å². The van der Waals surface area contributed by atoms with Gasteiger partial charge in [-0.2, -0.15) is 0 Å². The van der Waals surface area contributed by atoms with E-state index < -0.39 is 0 Å². The fourth-order valence-electron chi connectivity index (χ4n) is 3.13. The van der Waals surface area contributed by atoms with Gasteiger partial charge in [-0.15, -0.1) is 0 Å². The molecule has 1 aliphatic rings. The maximum atomic E-state index is 12.4. The monoisotopic (exact) mass is 366 g/mol. The third-order valence-electron chi connectivity index (χ3n) is 4.31. The van der Waals surface area contributed by atoms with Crippen molar-refractivity contribution in [1.29, 1.82) is 0 Å². The standard InChI is InChI=1S/C18H27BrN2O/c1-3-5-14(2)20-18(22)16-6-4-11-21(13-16)12-15-7-9-17(19)10-8-15/h7-10,14,16H,3-6,11-13H2,1-2H3,(H,20,22). The third-order valence-corrected chi connectivity index (χ3v) is 4.83. The van der Waals surface area contributed by atoms with Crippen LogP contribution in [0.15, 0.2) is 28.7 Å². The highest BCUT2D eigenvalue weighted by Crippen LogP contribution is 2.20. The zero-order valence-corrected chi connectivity index (χ0v) is 15.2. The minimum atomic E-state index is 0.142. The molecule has 0 bridgehead atoms. The van der Waals surface area contributed by atoms with Crippen LogP contribution >= 0.6 is 15.9 Å². The molecule has 1 saturated heterocycles. The highest BCUT2D eigenvalue weighted by molar-refractivity contribution is 9.10. The van der Waals surface area contributed by atoms with Gasteiger partial charge in [0.1, 0.15) is 0 Å². The summed E-state index contributed by atoms with van der Waals surface area (Å²) < 4.78 is 1.11. The van der Waals surface area contributed by atoms with E-state index in [0.29, 0.717) is 6.04 Å². The SMILES string of the molecule is CCCC(C)NC(=O)C1CCCN(Cc2ccc(Br)cc2)C1. The van der Waals surface area contributed by atoms with Crippen LogP contribution in [0.2, 0.25) is 0 Å². The van der Waals surface area contributed by atoms with Crippen molar-refractivity contribution in [2.75, 3.05) is 13.1 Å². The van der Waals surface area contributed by atoms with Crippen LogP contribution in [-0.4, -0.2) is 29.9 Å². The lowest BCUT2D eigenvalue weighted by Crippen LogP contribution is -2.45. The first-order valence-corrected chi connectivity index (χ1v) is 9.15. The summed E-state index contributed by atoms with van der Waals surface area (Å²) in [6.07, 6.45) is 4.29. The van der Waals surface area contributed by atoms with Gasteiger partial charge in [-0.25, -0.2) is 0 Å². The van der Waals surface area contributed by atoms with Gasteiger partial charge in [0, 0.05) is 23.6 Å². The zero-order chi connectivity index (χ0) is 15.9. The lowest BCUT2D eigenvalue weighted by Gasteiger charge is -2.32. The second kappa shape index (κ2) is 8.68. The molecule has 1 amide bonds. The van der Waals surface area contributed by atoms with E-state index in [9.17, 15) is 4.79 Å². The van der Waals surface area contributed by atoms with Crippen molar-refractivity contribution < 1.29 is 4.79 Å². The Morgan fingerprint density at radius 1 is 1.41 bits per heavy atom. The Labute approximate surface area is 142 Å². The Morgan fingerprint density at radius 3 is 2.82 bits per heavy atom. The molecule has 1 fully saturated rings. The summed E-state index contributed by atoms with van der Waals surface area (Å²) in [7, 11) is 0. The number of hydrogen-bond donors (Lipinski definition) is 1. The van der Waals surface area contributed by atoms with Crippen LogP contribution in [-0.2, 0) is 11.3 Å². The van der Waals surface area contributed by atoms with Gasteiger partial charge in [0.05, 0.1) is 5.92 Å². The normalized spacial score (nSPS) is 20.6. The van der Waals surface area contributed by atoms with Gasteiger partial charge in [-0.3, -0.25) is 9.69 Å². The van der Waals surface area contributed by atoms with E-state index in [4.69, 9.17) is 0 Å². The predicted molar refractivity (Wildman–Crippen MR) is 94.7 cm³/mol. The van der Waals surface area contributed by atoms with Crippen molar-refractivity contribution >= 4 is 21.8 Å². The van der Waals surface area contributed by atoms with E-state index in [1.54, 1.807) is 0 Å². The fraction of sp³-hybridized carbons (Fsp3) is 0.611. The lowest BCUT2D eigenvalue weighted by molar-refractivity contribution is -0.127. The summed E-state index contributed by atoms with van der Waals surface area (Å²) in [5.74, 6) is 0.380. The molecular weight excluding hydrogens is 340 g/mol. The summed E-state index contributed by atoms with van der Waals surface area (Å²) in [5, 5.41) is 3.17. The largest absolute Gasteiger partial charge is 0.353 e. The van der Waals surface area contributed by atoms with E-state index in [2.05, 4.69) is 64.3 Å². The molecule has 0 radical (unpaired) electrons. The molecule has 1 aliphatic heterocycles. The smallest absolute Gasteiger partial charge is 0.224 e. The number of carbonyl (C=O) groups is 1. The number of likely N-dealkylation sites (tertiary alicyclic amines) is 1. The molecule has 0 saturated carbocycles. The van der Waals surface area contributed by atoms with Crippen molar-refractivity contribution in [2.45, 2.75) is 52.1 Å². The van der Waals surface area contributed by atoms with Gasteiger partial charge < -0.3 is 5.32 Å². The van der Waals surface area contributed by atoms with Crippen LogP contribution < -0.4 is 5.32 Å². The van der Waals surface area contributed by atoms with Crippen LogP contribution in [0, 0.1) is 5.92 Å². The molecule has 1 N–H and O–H groups in total. The molecule has 2 rings (SSSR count). The lowest BCUT2D eigenvalue weighted by atomic mass is 9.96. The maximum Gasteiger partial charge on any atom is 0.224 e. The maximum absolute atomic E-state index is 12.4. The Hall–Kier alpha value is -0.870. The predicted octanol–water partition coefficient (Wildman–Crippen LogP) is 3.97. The van der Waals surface area contributed by atoms with E-state index in [-0.39, 0.29) is 11.8 Å². The second-order valence-corrected chi connectivity index (χ2v) is 7.31. The number of nitrogens with zero attached hydrogens (tertiary/aromatic N) is 1. The highest BCUT2D eigenvalue weighted by atomic mass is 79.9. The molecule has 0 spiro atoms. The van der Waals surface area contributed by atoms with E-state index in [1.807, 2.05) is 0 Å². The third kappa shape index (κ3) is 5.40. The Bertz CT molecular complexity index is 474. The van der Waals surface area contributed by atoms with Crippen molar-refractivity contribution in [1.82, 2.24) is 10.2 Å². The van der Waals surface area contributed by atoms with Crippen LogP contribution in [0.25, 0.3) is 0 Å². The van der Waals surface area contributed by atoms with Gasteiger partial charge >= 0.3 is 0 Å². The van der Waals surface area contributed by atoms with Crippen LogP contribution in [0.3, 0.4) is 0 Å². The van der Waals surface area contributed by atoms with Gasteiger partial charge in [-0.1, -0.05) is 41.4 Å². The highest BCUT2D eigenvalue weighted by Gasteiger charge is 2.26. The van der Waals surface area contributed by atoms with Gasteiger partial charge in [0.2, 0.25) is 5.91 Å². The van der Waals surface area contributed by atoms with Gasteiger partial charge in [0.15, 0.2) is 0 Å². The fourth-order valence-corrected chi connectivity index (χ4v) is 3.39. The number of amides is 1. The molecule has 0 aromatic heterocycles. The number of hydrogen-bond acceptors (Lipinski definition) is 2. The van der Waals surface area contributed by atoms with E-state index in [0.717, 1.165) is 49.8 Å². The molecule has 122 valence electrons. The number of piperidine rings is 1. The minimum absolute atomic E-state index is 0.142.